The molecule has 1 aliphatic heterocycles. The van der Waals surface area contributed by atoms with Gasteiger partial charge in [-0.15, -0.1) is 0 Å². The topological polar surface area (TPSA) is 28.2 Å². The number of nitrogens with one attached hydrogen (secondary N) is 1. The Kier molecular flexibility index (Phi) is 5.26. The van der Waals surface area contributed by atoms with E-state index in [0.717, 1.165) is 25.7 Å². The van der Waals surface area contributed by atoms with Gasteiger partial charge in [-0.1, -0.05) is 24.7 Å². The minimum absolute atomic E-state index is 0.349. The highest BCUT2D eigenvalue weighted by molar-refractivity contribution is 7.15. The Balaban J connectivity index is 1.79. The Morgan fingerprint density at radius 2 is 2.25 bits per heavy atom. The number of rotatable bonds is 5. The Morgan fingerprint density at radius 1 is 1.45 bits per heavy atom. The Bertz CT molecular complexity index is 419. The van der Waals surface area contributed by atoms with E-state index in [9.17, 15) is 13.2 Å². The SMILES string of the molecule is CCC1CCCCN1CCNc1ncc(C(F)(F)F)s1. The fourth-order valence-corrected chi connectivity index (χ4v) is 3.32. The molecule has 1 aliphatic rings. The summed E-state index contributed by atoms with van der Waals surface area (Å²) in [5.41, 5.74) is 0. The lowest BCUT2D eigenvalue weighted by atomic mass is 10.0. The van der Waals surface area contributed by atoms with Crippen LogP contribution in [-0.4, -0.2) is 35.6 Å². The number of likely N-dealkylation sites (tertiary alicyclic amines) is 1. The van der Waals surface area contributed by atoms with Crippen LogP contribution in [-0.2, 0) is 6.18 Å². The molecule has 2 rings (SSSR count). The lowest BCUT2D eigenvalue weighted by molar-refractivity contribution is -0.134. The van der Waals surface area contributed by atoms with Crippen molar-refractivity contribution in [1.29, 1.82) is 0 Å². The highest BCUT2D eigenvalue weighted by atomic mass is 32.1. The molecule has 1 atom stereocenters. The Morgan fingerprint density at radius 3 is 2.90 bits per heavy atom. The van der Waals surface area contributed by atoms with Crippen LogP contribution in [0, 0.1) is 0 Å². The number of piperidine rings is 1. The van der Waals surface area contributed by atoms with E-state index in [4.69, 9.17) is 0 Å². The number of nitrogens with zero attached hydrogens (tertiary/aromatic N) is 2. The van der Waals surface area contributed by atoms with Crippen molar-refractivity contribution in [3.63, 3.8) is 0 Å². The molecule has 1 N–H and O–H groups in total. The van der Waals surface area contributed by atoms with Gasteiger partial charge in [0.25, 0.3) is 0 Å². The predicted molar refractivity (Wildman–Crippen MR) is 75.1 cm³/mol. The zero-order chi connectivity index (χ0) is 14.6. The van der Waals surface area contributed by atoms with Crippen molar-refractivity contribution in [2.75, 3.05) is 25.0 Å². The van der Waals surface area contributed by atoms with E-state index in [1.165, 1.54) is 19.3 Å². The number of alkyl halides is 3. The van der Waals surface area contributed by atoms with Crippen LogP contribution in [0.1, 0.15) is 37.5 Å². The minimum Gasteiger partial charge on any atom is -0.360 e. The van der Waals surface area contributed by atoms with Crippen molar-refractivity contribution in [2.45, 2.75) is 44.8 Å². The third-order valence-electron chi connectivity index (χ3n) is 3.68. The molecule has 1 aromatic heterocycles. The van der Waals surface area contributed by atoms with E-state index in [-0.39, 0.29) is 0 Å². The lowest BCUT2D eigenvalue weighted by Crippen LogP contribution is -2.41. The van der Waals surface area contributed by atoms with Gasteiger partial charge in [0.1, 0.15) is 4.88 Å². The van der Waals surface area contributed by atoms with Gasteiger partial charge in [0, 0.05) is 19.1 Å². The van der Waals surface area contributed by atoms with Crippen LogP contribution < -0.4 is 5.32 Å². The third-order valence-corrected chi connectivity index (χ3v) is 4.68. The summed E-state index contributed by atoms with van der Waals surface area (Å²) in [7, 11) is 0. The van der Waals surface area contributed by atoms with Gasteiger partial charge in [-0.25, -0.2) is 4.98 Å². The molecular formula is C13H20F3N3S. The smallest absolute Gasteiger partial charge is 0.360 e. The van der Waals surface area contributed by atoms with Crippen LogP contribution in [0.25, 0.3) is 0 Å². The predicted octanol–water partition coefficient (Wildman–Crippen LogP) is 3.84. The summed E-state index contributed by atoms with van der Waals surface area (Å²) in [5.74, 6) is 0. The maximum absolute atomic E-state index is 12.4. The fraction of sp³-hybridized carbons (Fsp3) is 0.769. The van der Waals surface area contributed by atoms with Crippen molar-refractivity contribution >= 4 is 16.5 Å². The molecule has 0 aliphatic carbocycles. The summed E-state index contributed by atoms with van der Waals surface area (Å²) in [6.07, 6.45) is 1.46. The average Bonchev–Trinajstić information content (AvgIpc) is 2.88. The van der Waals surface area contributed by atoms with Crippen molar-refractivity contribution in [3.05, 3.63) is 11.1 Å². The number of anilines is 1. The van der Waals surface area contributed by atoms with Crippen molar-refractivity contribution in [1.82, 2.24) is 9.88 Å². The van der Waals surface area contributed by atoms with E-state index in [2.05, 4.69) is 22.1 Å². The summed E-state index contributed by atoms with van der Waals surface area (Å²) in [5, 5.41) is 3.34. The van der Waals surface area contributed by atoms with Crippen molar-refractivity contribution < 1.29 is 13.2 Å². The second-order valence-corrected chi connectivity index (χ2v) is 6.08. The third kappa shape index (κ3) is 4.09. The summed E-state index contributed by atoms with van der Waals surface area (Å²) in [4.78, 5) is 5.55. The standard InChI is InChI=1S/C13H20F3N3S/c1-2-10-5-3-4-7-19(10)8-6-17-12-18-9-11(20-12)13(14,15)16/h9-10H,2-8H2,1H3,(H,17,18). The second-order valence-electron chi connectivity index (χ2n) is 5.05. The zero-order valence-electron chi connectivity index (χ0n) is 11.5. The van der Waals surface area contributed by atoms with Gasteiger partial charge < -0.3 is 5.32 Å². The monoisotopic (exact) mass is 307 g/mol. The number of hydrogen-bond acceptors (Lipinski definition) is 4. The molecule has 0 radical (unpaired) electrons. The zero-order valence-corrected chi connectivity index (χ0v) is 12.4. The molecule has 114 valence electrons. The summed E-state index contributed by atoms with van der Waals surface area (Å²) in [6.45, 7) is 4.78. The van der Waals surface area contributed by atoms with Gasteiger partial charge in [-0.05, 0) is 25.8 Å². The first-order valence-corrected chi connectivity index (χ1v) is 7.83. The van der Waals surface area contributed by atoms with Crippen LogP contribution in [0.4, 0.5) is 18.3 Å². The van der Waals surface area contributed by atoms with Crippen LogP contribution in [0.2, 0.25) is 0 Å². The minimum atomic E-state index is -4.29. The maximum Gasteiger partial charge on any atom is 0.427 e. The molecule has 20 heavy (non-hydrogen) atoms. The molecule has 0 amide bonds. The average molecular weight is 307 g/mol. The van der Waals surface area contributed by atoms with E-state index < -0.39 is 11.1 Å². The van der Waals surface area contributed by atoms with E-state index in [0.29, 0.717) is 29.1 Å². The number of aromatic nitrogens is 1. The van der Waals surface area contributed by atoms with E-state index >= 15 is 0 Å². The molecule has 0 aromatic carbocycles. The van der Waals surface area contributed by atoms with E-state index in [1.807, 2.05) is 0 Å². The van der Waals surface area contributed by atoms with Crippen molar-refractivity contribution in [2.24, 2.45) is 0 Å². The van der Waals surface area contributed by atoms with Gasteiger partial charge in [0.2, 0.25) is 0 Å². The fourth-order valence-electron chi connectivity index (χ4n) is 2.61. The molecule has 0 spiro atoms. The quantitative estimate of drug-likeness (QED) is 0.896. The molecular weight excluding hydrogens is 287 g/mol. The molecule has 1 saturated heterocycles. The molecule has 2 heterocycles. The first kappa shape index (κ1) is 15.6. The largest absolute Gasteiger partial charge is 0.427 e. The summed E-state index contributed by atoms with van der Waals surface area (Å²) >= 11 is 0.667. The molecule has 1 unspecified atom stereocenters. The van der Waals surface area contributed by atoms with Crippen LogP contribution in [0.5, 0.6) is 0 Å². The highest BCUT2D eigenvalue weighted by Crippen LogP contribution is 2.34. The number of thiazole rings is 1. The Labute approximate surface area is 121 Å². The van der Waals surface area contributed by atoms with Crippen LogP contribution in [0.15, 0.2) is 6.20 Å². The highest BCUT2D eigenvalue weighted by Gasteiger charge is 2.33. The molecule has 1 aromatic rings. The Hall–Kier alpha value is -0.820. The molecule has 0 bridgehead atoms. The van der Waals surface area contributed by atoms with Gasteiger partial charge >= 0.3 is 6.18 Å². The second kappa shape index (κ2) is 6.76. The number of halogens is 3. The van der Waals surface area contributed by atoms with E-state index in [1.54, 1.807) is 0 Å². The molecule has 3 nitrogen and oxygen atoms in total. The van der Waals surface area contributed by atoms with Gasteiger partial charge in [0.05, 0.1) is 6.20 Å². The van der Waals surface area contributed by atoms with Gasteiger partial charge in [-0.2, -0.15) is 13.2 Å². The lowest BCUT2D eigenvalue weighted by Gasteiger charge is -2.35. The number of hydrogen-bond donors (Lipinski definition) is 1. The van der Waals surface area contributed by atoms with Gasteiger partial charge in [0.15, 0.2) is 5.13 Å². The van der Waals surface area contributed by atoms with Gasteiger partial charge in [-0.3, -0.25) is 4.90 Å². The molecule has 7 heteroatoms. The van der Waals surface area contributed by atoms with Crippen molar-refractivity contribution in [3.8, 4) is 0 Å². The normalized spacial score (nSPS) is 21.1. The summed E-state index contributed by atoms with van der Waals surface area (Å²) in [6, 6.07) is 0.618. The van der Waals surface area contributed by atoms with Crippen LogP contribution in [0.3, 0.4) is 0 Å². The molecule has 0 saturated carbocycles. The first-order valence-electron chi connectivity index (χ1n) is 7.01. The molecule has 1 fully saturated rings. The van der Waals surface area contributed by atoms with Crippen LogP contribution >= 0.6 is 11.3 Å². The maximum atomic E-state index is 12.4. The summed E-state index contributed by atoms with van der Waals surface area (Å²) < 4.78 is 37.3. The first-order chi connectivity index (χ1) is 9.50.